The zero-order valence-corrected chi connectivity index (χ0v) is 14.2. The summed E-state index contributed by atoms with van der Waals surface area (Å²) in [6.07, 6.45) is 4.65. The molecule has 0 heterocycles. The van der Waals surface area contributed by atoms with Gasteiger partial charge in [-0.25, -0.2) is 4.79 Å². The SMILES string of the molecule is COC(=O)[C@H](O)CCC(=O)NCCC/C=C\c1ccc(OC)cc1. The molecule has 0 saturated heterocycles. The van der Waals surface area contributed by atoms with Gasteiger partial charge in [0, 0.05) is 13.0 Å². The second-order valence-electron chi connectivity index (χ2n) is 5.25. The maximum Gasteiger partial charge on any atom is 0.334 e. The molecule has 1 aromatic carbocycles. The second kappa shape index (κ2) is 11.2. The number of carbonyl (C=O) groups is 2. The number of unbranched alkanes of at least 4 members (excludes halogenated alkanes) is 1. The number of hydrogen-bond acceptors (Lipinski definition) is 5. The minimum Gasteiger partial charge on any atom is -0.497 e. The Morgan fingerprint density at radius 2 is 1.96 bits per heavy atom. The molecule has 1 atom stereocenters. The number of rotatable bonds is 10. The van der Waals surface area contributed by atoms with Crippen molar-refractivity contribution in [2.75, 3.05) is 20.8 Å². The number of allylic oxidation sites excluding steroid dienone is 1. The molecule has 1 rings (SSSR count). The van der Waals surface area contributed by atoms with Crippen LogP contribution in [0.5, 0.6) is 5.75 Å². The van der Waals surface area contributed by atoms with E-state index < -0.39 is 12.1 Å². The molecule has 0 aliphatic heterocycles. The van der Waals surface area contributed by atoms with Gasteiger partial charge in [-0.05, 0) is 37.0 Å². The van der Waals surface area contributed by atoms with Gasteiger partial charge in [-0.1, -0.05) is 24.3 Å². The average Bonchev–Trinajstić information content (AvgIpc) is 2.62. The summed E-state index contributed by atoms with van der Waals surface area (Å²) in [5, 5.41) is 12.1. The van der Waals surface area contributed by atoms with Gasteiger partial charge >= 0.3 is 5.97 Å². The highest BCUT2D eigenvalue weighted by Crippen LogP contribution is 2.12. The molecule has 24 heavy (non-hydrogen) atoms. The van der Waals surface area contributed by atoms with E-state index in [0.717, 1.165) is 24.2 Å². The lowest BCUT2D eigenvalue weighted by Gasteiger charge is -2.08. The zero-order chi connectivity index (χ0) is 17.8. The van der Waals surface area contributed by atoms with Gasteiger partial charge < -0.3 is 19.9 Å². The van der Waals surface area contributed by atoms with Crippen LogP contribution in [0.2, 0.25) is 0 Å². The first-order valence-corrected chi connectivity index (χ1v) is 7.90. The highest BCUT2D eigenvalue weighted by molar-refractivity contribution is 5.78. The van der Waals surface area contributed by atoms with Gasteiger partial charge in [0.1, 0.15) is 5.75 Å². The van der Waals surface area contributed by atoms with E-state index in [1.54, 1.807) is 7.11 Å². The Balaban J connectivity index is 2.13. The van der Waals surface area contributed by atoms with Crippen LogP contribution in [0.4, 0.5) is 0 Å². The van der Waals surface area contributed by atoms with E-state index in [1.165, 1.54) is 7.11 Å². The molecular weight excluding hydrogens is 310 g/mol. The number of nitrogens with one attached hydrogen (secondary N) is 1. The lowest BCUT2D eigenvalue weighted by molar-refractivity contribution is -0.150. The Morgan fingerprint density at radius 3 is 2.58 bits per heavy atom. The fourth-order valence-electron chi connectivity index (χ4n) is 1.99. The molecule has 2 N–H and O–H groups in total. The standard InChI is InChI=1S/C18H25NO5/c1-23-15-9-7-14(8-10-15)6-4-3-5-13-19-17(21)12-11-16(20)18(22)24-2/h4,6-10,16,20H,3,5,11-13H2,1-2H3,(H,19,21)/b6-4-/t16-/m1/s1. The Bertz CT molecular complexity index is 539. The van der Waals surface area contributed by atoms with E-state index in [2.05, 4.69) is 16.1 Å². The van der Waals surface area contributed by atoms with Crippen molar-refractivity contribution < 1.29 is 24.2 Å². The number of benzene rings is 1. The minimum absolute atomic E-state index is 0.0654. The van der Waals surface area contributed by atoms with Crippen molar-refractivity contribution in [2.24, 2.45) is 0 Å². The predicted octanol–water partition coefficient (Wildman–Crippen LogP) is 1.92. The highest BCUT2D eigenvalue weighted by atomic mass is 16.5. The van der Waals surface area contributed by atoms with E-state index >= 15 is 0 Å². The molecule has 0 aliphatic rings. The lowest BCUT2D eigenvalue weighted by atomic mass is 10.1. The maximum absolute atomic E-state index is 11.6. The average molecular weight is 335 g/mol. The van der Waals surface area contributed by atoms with E-state index in [1.807, 2.05) is 30.3 Å². The fourth-order valence-corrected chi connectivity index (χ4v) is 1.99. The third kappa shape index (κ3) is 7.78. The van der Waals surface area contributed by atoms with Crippen LogP contribution in [-0.2, 0) is 14.3 Å². The molecule has 132 valence electrons. The number of esters is 1. The summed E-state index contributed by atoms with van der Waals surface area (Å²) in [5.74, 6) is -0.0734. The first-order valence-electron chi connectivity index (χ1n) is 7.90. The van der Waals surface area contributed by atoms with Gasteiger partial charge in [0.05, 0.1) is 14.2 Å². The van der Waals surface area contributed by atoms with Crippen LogP contribution >= 0.6 is 0 Å². The topological polar surface area (TPSA) is 84.9 Å². The molecule has 0 aliphatic carbocycles. The third-order valence-electron chi connectivity index (χ3n) is 3.41. The Hall–Kier alpha value is -2.34. The summed E-state index contributed by atoms with van der Waals surface area (Å²) in [7, 11) is 2.83. The van der Waals surface area contributed by atoms with Gasteiger partial charge in [-0.3, -0.25) is 4.79 Å². The van der Waals surface area contributed by atoms with Crippen molar-refractivity contribution >= 4 is 18.0 Å². The van der Waals surface area contributed by atoms with Gasteiger partial charge in [0.2, 0.25) is 5.91 Å². The number of hydrogen-bond donors (Lipinski definition) is 2. The molecule has 1 aromatic rings. The molecule has 0 unspecified atom stereocenters. The number of carbonyl (C=O) groups excluding carboxylic acids is 2. The summed E-state index contributed by atoms with van der Waals surface area (Å²) in [6, 6.07) is 7.76. The molecule has 0 saturated carbocycles. The number of amides is 1. The second-order valence-corrected chi connectivity index (χ2v) is 5.25. The molecule has 1 amide bonds. The lowest BCUT2D eigenvalue weighted by Crippen LogP contribution is -2.28. The molecule has 6 nitrogen and oxygen atoms in total. The first-order chi connectivity index (χ1) is 11.6. The molecule has 0 radical (unpaired) electrons. The van der Waals surface area contributed by atoms with E-state index in [4.69, 9.17) is 4.74 Å². The van der Waals surface area contributed by atoms with E-state index in [-0.39, 0.29) is 18.7 Å². The predicted molar refractivity (Wildman–Crippen MR) is 91.5 cm³/mol. The highest BCUT2D eigenvalue weighted by Gasteiger charge is 2.16. The van der Waals surface area contributed by atoms with Crippen LogP contribution in [0.3, 0.4) is 0 Å². The Labute approximate surface area is 142 Å². The number of methoxy groups -OCH3 is 2. The summed E-state index contributed by atoms with van der Waals surface area (Å²) in [4.78, 5) is 22.6. The number of ether oxygens (including phenoxy) is 2. The largest absolute Gasteiger partial charge is 0.497 e. The molecule has 0 spiro atoms. The smallest absolute Gasteiger partial charge is 0.334 e. The van der Waals surface area contributed by atoms with Crippen LogP contribution in [0.25, 0.3) is 6.08 Å². The van der Waals surface area contributed by atoms with Crippen LogP contribution in [0.15, 0.2) is 30.3 Å². The normalized spacial score (nSPS) is 12.0. The molecule has 0 bridgehead atoms. The monoisotopic (exact) mass is 335 g/mol. The minimum atomic E-state index is -1.24. The van der Waals surface area contributed by atoms with E-state index in [0.29, 0.717) is 6.54 Å². The summed E-state index contributed by atoms with van der Waals surface area (Å²) in [5.41, 5.74) is 1.09. The fraction of sp³-hybridized carbons (Fsp3) is 0.444. The van der Waals surface area contributed by atoms with Crippen molar-refractivity contribution in [1.29, 1.82) is 0 Å². The summed E-state index contributed by atoms with van der Waals surface area (Å²) in [6.45, 7) is 0.556. The van der Waals surface area contributed by atoms with E-state index in [9.17, 15) is 14.7 Å². The van der Waals surface area contributed by atoms with Crippen molar-refractivity contribution in [3.63, 3.8) is 0 Å². The molecule has 0 aromatic heterocycles. The zero-order valence-electron chi connectivity index (χ0n) is 14.2. The van der Waals surface area contributed by atoms with Gasteiger partial charge in [0.25, 0.3) is 0 Å². The van der Waals surface area contributed by atoms with Gasteiger partial charge in [-0.2, -0.15) is 0 Å². The first kappa shape index (κ1) is 19.7. The summed E-state index contributed by atoms with van der Waals surface area (Å²) >= 11 is 0. The van der Waals surface area contributed by atoms with Crippen LogP contribution < -0.4 is 10.1 Å². The Kier molecular flexibility index (Phi) is 9.23. The number of aliphatic hydroxyl groups is 1. The summed E-state index contributed by atoms with van der Waals surface area (Å²) < 4.78 is 9.48. The molecular formula is C18H25NO5. The van der Waals surface area contributed by atoms with Crippen molar-refractivity contribution in [1.82, 2.24) is 5.32 Å². The third-order valence-corrected chi connectivity index (χ3v) is 3.41. The van der Waals surface area contributed by atoms with Gasteiger partial charge in [-0.15, -0.1) is 0 Å². The van der Waals surface area contributed by atoms with Crippen LogP contribution in [0, 0.1) is 0 Å². The Morgan fingerprint density at radius 1 is 1.25 bits per heavy atom. The maximum atomic E-state index is 11.6. The van der Waals surface area contributed by atoms with Crippen molar-refractivity contribution in [3.05, 3.63) is 35.9 Å². The van der Waals surface area contributed by atoms with Crippen LogP contribution in [-0.4, -0.2) is 43.9 Å². The van der Waals surface area contributed by atoms with Crippen LogP contribution in [0.1, 0.15) is 31.2 Å². The van der Waals surface area contributed by atoms with Gasteiger partial charge in [0.15, 0.2) is 6.10 Å². The quantitative estimate of drug-likeness (QED) is 0.504. The van der Waals surface area contributed by atoms with Crippen molar-refractivity contribution in [2.45, 2.75) is 31.8 Å². The number of aliphatic hydroxyl groups excluding tert-OH is 1. The molecule has 6 heteroatoms. The van der Waals surface area contributed by atoms with Crippen molar-refractivity contribution in [3.8, 4) is 5.75 Å². The molecule has 0 fully saturated rings.